The standard InChI is InChI=1S/C11H19N/c1-3-5-6-7-8-9-11(4-2)10-12/h6-7,11H,3-5,8-9H2,1-2H3/b7-6-. The summed E-state index contributed by atoms with van der Waals surface area (Å²) in [6.45, 7) is 4.25. The molecule has 0 fully saturated rings. The SMILES string of the molecule is CCC/C=C\CCC(C#N)CC. The van der Waals surface area contributed by atoms with Crippen LogP contribution in [0.15, 0.2) is 12.2 Å². The summed E-state index contributed by atoms with van der Waals surface area (Å²) in [6, 6.07) is 2.31. The summed E-state index contributed by atoms with van der Waals surface area (Å²) >= 11 is 0. The van der Waals surface area contributed by atoms with Crippen molar-refractivity contribution < 1.29 is 0 Å². The lowest BCUT2D eigenvalue weighted by Crippen LogP contribution is -1.92. The lowest BCUT2D eigenvalue weighted by atomic mass is 10.0. The van der Waals surface area contributed by atoms with Gasteiger partial charge in [0.2, 0.25) is 0 Å². The fourth-order valence-electron chi connectivity index (χ4n) is 1.06. The highest BCUT2D eigenvalue weighted by Crippen LogP contribution is 2.09. The molecule has 0 aromatic rings. The maximum Gasteiger partial charge on any atom is 0.0655 e. The summed E-state index contributed by atoms with van der Waals surface area (Å²) in [6.07, 6.45) is 9.86. The average Bonchev–Trinajstić information content (AvgIpc) is 2.11. The first-order valence-corrected chi connectivity index (χ1v) is 4.89. The Labute approximate surface area is 76.1 Å². The first-order chi connectivity index (χ1) is 5.85. The molecule has 1 unspecified atom stereocenters. The van der Waals surface area contributed by atoms with Gasteiger partial charge in [0.05, 0.1) is 6.07 Å². The van der Waals surface area contributed by atoms with Gasteiger partial charge in [-0.3, -0.25) is 0 Å². The van der Waals surface area contributed by atoms with E-state index in [1.165, 1.54) is 12.8 Å². The molecule has 0 rings (SSSR count). The van der Waals surface area contributed by atoms with E-state index >= 15 is 0 Å². The van der Waals surface area contributed by atoms with Crippen molar-refractivity contribution >= 4 is 0 Å². The van der Waals surface area contributed by atoms with Gasteiger partial charge < -0.3 is 0 Å². The largest absolute Gasteiger partial charge is 0.198 e. The van der Waals surface area contributed by atoms with Gasteiger partial charge >= 0.3 is 0 Å². The second kappa shape index (κ2) is 8.33. The predicted molar refractivity (Wildman–Crippen MR) is 52.7 cm³/mol. The molecular formula is C11H19N. The van der Waals surface area contributed by atoms with Gasteiger partial charge in [0.25, 0.3) is 0 Å². The van der Waals surface area contributed by atoms with E-state index in [2.05, 4.69) is 32.1 Å². The number of allylic oxidation sites excluding steroid dienone is 2. The van der Waals surface area contributed by atoms with Gasteiger partial charge in [0.15, 0.2) is 0 Å². The summed E-state index contributed by atoms with van der Waals surface area (Å²) in [7, 11) is 0. The Balaban J connectivity index is 3.36. The molecule has 1 heteroatoms. The molecule has 0 aliphatic heterocycles. The molecule has 12 heavy (non-hydrogen) atoms. The second-order valence-corrected chi connectivity index (χ2v) is 3.07. The van der Waals surface area contributed by atoms with Crippen molar-refractivity contribution in [1.82, 2.24) is 0 Å². The molecule has 0 saturated carbocycles. The molecule has 0 amide bonds. The Kier molecular flexibility index (Phi) is 7.79. The zero-order valence-electron chi connectivity index (χ0n) is 8.21. The number of rotatable bonds is 6. The van der Waals surface area contributed by atoms with Gasteiger partial charge in [-0.15, -0.1) is 0 Å². The minimum Gasteiger partial charge on any atom is -0.198 e. The van der Waals surface area contributed by atoms with E-state index in [0.29, 0.717) is 0 Å². The van der Waals surface area contributed by atoms with E-state index in [-0.39, 0.29) is 5.92 Å². The van der Waals surface area contributed by atoms with Gasteiger partial charge in [-0.2, -0.15) is 5.26 Å². The van der Waals surface area contributed by atoms with Crippen LogP contribution < -0.4 is 0 Å². The van der Waals surface area contributed by atoms with Crippen LogP contribution in [0.2, 0.25) is 0 Å². The van der Waals surface area contributed by atoms with Gasteiger partial charge in [0.1, 0.15) is 0 Å². The highest BCUT2D eigenvalue weighted by Gasteiger charge is 2.00. The van der Waals surface area contributed by atoms with Gasteiger partial charge in [0, 0.05) is 5.92 Å². The lowest BCUT2D eigenvalue weighted by Gasteiger charge is -2.01. The molecule has 0 aliphatic rings. The van der Waals surface area contributed by atoms with Crippen LogP contribution in [-0.4, -0.2) is 0 Å². The summed E-state index contributed by atoms with van der Waals surface area (Å²) in [5.74, 6) is 0.260. The molecule has 0 saturated heterocycles. The van der Waals surface area contributed by atoms with Crippen molar-refractivity contribution in [2.24, 2.45) is 5.92 Å². The molecule has 0 N–H and O–H groups in total. The lowest BCUT2D eigenvalue weighted by molar-refractivity contribution is 0.591. The Morgan fingerprint density at radius 3 is 2.42 bits per heavy atom. The number of nitriles is 1. The van der Waals surface area contributed by atoms with E-state index in [9.17, 15) is 0 Å². The van der Waals surface area contributed by atoms with Crippen LogP contribution in [0.4, 0.5) is 0 Å². The zero-order chi connectivity index (χ0) is 9.23. The predicted octanol–water partition coefficient (Wildman–Crippen LogP) is 3.67. The molecule has 68 valence electrons. The molecule has 0 aromatic heterocycles. The summed E-state index contributed by atoms with van der Waals surface area (Å²) in [5, 5.41) is 8.65. The highest BCUT2D eigenvalue weighted by molar-refractivity contribution is 4.87. The Morgan fingerprint density at radius 2 is 1.92 bits per heavy atom. The van der Waals surface area contributed by atoms with E-state index in [4.69, 9.17) is 5.26 Å². The molecule has 0 radical (unpaired) electrons. The van der Waals surface area contributed by atoms with Crippen LogP contribution in [0.3, 0.4) is 0 Å². The van der Waals surface area contributed by atoms with E-state index < -0.39 is 0 Å². The van der Waals surface area contributed by atoms with Crippen molar-refractivity contribution in [1.29, 1.82) is 5.26 Å². The molecule has 1 nitrogen and oxygen atoms in total. The number of nitrogens with zero attached hydrogens (tertiary/aromatic N) is 1. The van der Waals surface area contributed by atoms with Crippen molar-refractivity contribution in [3.05, 3.63) is 12.2 Å². The fourth-order valence-corrected chi connectivity index (χ4v) is 1.06. The van der Waals surface area contributed by atoms with Crippen LogP contribution in [0.5, 0.6) is 0 Å². The quantitative estimate of drug-likeness (QED) is 0.551. The Hall–Kier alpha value is -0.770. The summed E-state index contributed by atoms with van der Waals surface area (Å²) < 4.78 is 0. The number of hydrogen-bond donors (Lipinski definition) is 0. The molecule has 0 spiro atoms. The van der Waals surface area contributed by atoms with Crippen LogP contribution in [0, 0.1) is 17.2 Å². The van der Waals surface area contributed by atoms with Crippen LogP contribution >= 0.6 is 0 Å². The van der Waals surface area contributed by atoms with E-state index in [1.807, 2.05) is 0 Å². The first kappa shape index (κ1) is 11.2. The summed E-state index contributed by atoms with van der Waals surface area (Å²) in [5.41, 5.74) is 0. The third-order valence-corrected chi connectivity index (χ3v) is 1.98. The average molecular weight is 165 g/mol. The van der Waals surface area contributed by atoms with Gasteiger partial charge in [-0.1, -0.05) is 32.4 Å². The van der Waals surface area contributed by atoms with Gasteiger partial charge in [-0.25, -0.2) is 0 Å². The van der Waals surface area contributed by atoms with Gasteiger partial charge in [-0.05, 0) is 25.7 Å². The van der Waals surface area contributed by atoms with Crippen molar-refractivity contribution in [2.45, 2.75) is 46.0 Å². The van der Waals surface area contributed by atoms with Crippen molar-refractivity contribution in [3.63, 3.8) is 0 Å². The molecular weight excluding hydrogens is 146 g/mol. The monoisotopic (exact) mass is 165 g/mol. The Bertz CT molecular complexity index is 153. The van der Waals surface area contributed by atoms with E-state index in [1.54, 1.807) is 0 Å². The first-order valence-electron chi connectivity index (χ1n) is 4.89. The fraction of sp³-hybridized carbons (Fsp3) is 0.727. The normalized spacial score (nSPS) is 13.1. The van der Waals surface area contributed by atoms with Crippen molar-refractivity contribution in [3.8, 4) is 6.07 Å². The maximum absolute atomic E-state index is 8.65. The van der Waals surface area contributed by atoms with Crippen LogP contribution in [0.1, 0.15) is 46.0 Å². The van der Waals surface area contributed by atoms with Crippen molar-refractivity contribution in [2.75, 3.05) is 0 Å². The zero-order valence-corrected chi connectivity index (χ0v) is 8.21. The van der Waals surface area contributed by atoms with Crippen LogP contribution in [0.25, 0.3) is 0 Å². The minimum atomic E-state index is 0.260. The third kappa shape index (κ3) is 5.97. The number of hydrogen-bond acceptors (Lipinski definition) is 1. The molecule has 0 heterocycles. The van der Waals surface area contributed by atoms with Crippen LogP contribution in [-0.2, 0) is 0 Å². The molecule has 0 aromatic carbocycles. The molecule has 0 bridgehead atoms. The number of unbranched alkanes of at least 4 members (excludes halogenated alkanes) is 1. The maximum atomic E-state index is 8.65. The van der Waals surface area contributed by atoms with E-state index in [0.717, 1.165) is 19.3 Å². The highest BCUT2D eigenvalue weighted by atomic mass is 14.3. The molecule has 0 aliphatic carbocycles. The molecule has 1 atom stereocenters. The Morgan fingerprint density at radius 1 is 1.25 bits per heavy atom. The second-order valence-electron chi connectivity index (χ2n) is 3.07. The summed E-state index contributed by atoms with van der Waals surface area (Å²) in [4.78, 5) is 0. The smallest absolute Gasteiger partial charge is 0.0655 e. The topological polar surface area (TPSA) is 23.8 Å². The minimum absolute atomic E-state index is 0.260. The third-order valence-electron chi connectivity index (χ3n) is 1.98.